The number of nitrogen functional groups attached to an aromatic ring is 1. The quantitative estimate of drug-likeness (QED) is 0.501. The van der Waals surface area contributed by atoms with Crippen molar-refractivity contribution in [2.45, 2.75) is 6.42 Å². The number of anilines is 1. The van der Waals surface area contributed by atoms with Crippen LogP contribution in [0.1, 0.15) is 5.69 Å². The summed E-state index contributed by atoms with van der Waals surface area (Å²) in [7, 11) is 0. The molecule has 1 heterocycles. The van der Waals surface area contributed by atoms with Crippen molar-refractivity contribution in [2.24, 2.45) is 5.73 Å². The molecule has 0 saturated heterocycles. The summed E-state index contributed by atoms with van der Waals surface area (Å²) in [6.07, 6.45) is 0.578. The maximum Gasteiger partial charge on any atom is 0.252 e. The first-order valence-corrected chi connectivity index (χ1v) is 3.28. The highest BCUT2D eigenvalue weighted by Crippen LogP contribution is 1.91. The van der Waals surface area contributed by atoms with Gasteiger partial charge in [0, 0.05) is 12.5 Å². The molecule has 0 spiro atoms. The van der Waals surface area contributed by atoms with Gasteiger partial charge in [0.2, 0.25) is 5.95 Å². The van der Waals surface area contributed by atoms with Crippen molar-refractivity contribution >= 4 is 5.95 Å². The molecule has 0 aromatic carbocycles. The van der Waals surface area contributed by atoms with E-state index in [1.165, 1.54) is 6.07 Å². The summed E-state index contributed by atoms with van der Waals surface area (Å²) in [5, 5.41) is 0. The smallest absolute Gasteiger partial charge is 0.252 e. The predicted octanol–water partition coefficient (Wildman–Crippen LogP) is -1.15. The molecule has 1 aromatic heterocycles. The molecule has 0 atom stereocenters. The van der Waals surface area contributed by atoms with Crippen LogP contribution in [0.4, 0.5) is 5.95 Å². The van der Waals surface area contributed by atoms with Gasteiger partial charge in [-0.15, -0.1) is 0 Å². The van der Waals surface area contributed by atoms with Crippen LogP contribution in [-0.2, 0) is 6.42 Å². The van der Waals surface area contributed by atoms with Crippen molar-refractivity contribution in [3.63, 3.8) is 0 Å². The van der Waals surface area contributed by atoms with Crippen LogP contribution in [0.25, 0.3) is 0 Å². The van der Waals surface area contributed by atoms with Gasteiger partial charge >= 0.3 is 0 Å². The van der Waals surface area contributed by atoms with E-state index in [9.17, 15) is 4.79 Å². The van der Waals surface area contributed by atoms with Gasteiger partial charge in [0.05, 0.1) is 5.69 Å². The Hall–Kier alpha value is -1.36. The molecule has 0 amide bonds. The summed E-state index contributed by atoms with van der Waals surface area (Å²) >= 11 is 0. The standard InChI is InChI=1S/C6H10N4O/c7-2-1-4-3-5(11)10-6(8)9-4/h3H,1-2,7H2,(H3,8,9,10,11). The number of rotatable bonds is 2. The van der Waals surface area contributed by atoms with E-state index in [-0.39, 0.29) is 11.5 Å². The number of nitrogens with one attached hydrogen (secondary N) is 1. The second-order valence-electron chi connectivity index (χ2n) is 2.16. The summed E-state index contributed by atoms with van der Waals surface area (Å²) in [5.74, 6) is 0.140. The van der Waals surface area contributed by atoms with Gasteiger partial charge in [-0.3, -0.25) is 9.78 Å². The van der Waals surface area contributed by atoms with Crippen LogP contribution in [0.3, 0.4) is 0 Å². The van der Waals surface area contributed by atoms with Gasteiger partial charge in [-0.2, -0.15) is 0 Å². The SMILES string of the molecule is NCCc1cc(=O)[nH]c(N)n1. The van der Waals surface area contributed by atoms with Crippen molar-refractivity contribution in [3.05, 3.63) is 22.1 Å². The number of hydrogen-bond acceptors (Lipinski definition) is 4. The lowest BCUT2D eigenvalue weighted by atomic mass is 10.3. The fraction of sp³-hybridized carbons (Fsp3) is 0.333. The van der Waals surface area contributed by atoms with Crippen molar-refractivity contribution in [1.29, 1.82) is 0 Å². The minimum atomic E-state index is -0.235. The second-order valence-corrected chi connectivity index (χ2v) is 2.16. The molecular formula is C6H10N4O. The van der Waals surface area contributed by atoms with Crippen LogP contribution in [0.15, 0.2) is 10.9 Å². The van der Waals surface area contributed by atoms with Crippen molar-refractivity contribution in [3.8, 4) is 0 Å². The summed E-state index contributed by atoms with van der Waals surface area (Å²) in [6.45, 7) is 0.468. The van der Waals surface area contributed by atoms with Gasteiger partial charge in [-0.05, 0) is 6.54 Å². The predicted molar refractivity (Wildman–Crippen MR) is 42.0 cm³/mol. The monoisotopic (exact) mass is 154 g/mol. The molecule has 1 rings (SSSR count). The fourth-order valence-electron chi connectivity index (χ4n) is 0.805. The summed E-state index contributed by atoms with van der Waals surface area (Å²) in [5.41, 5.74) is 10.9. The lowest BCUT2D eigenvalue weighted by Crippen LogP contribution is -2.14. The third-order valence-electron chi connectivity index (χ3n) is 1.21. The van der Waals surface area contributed by atoms with Crippen molar-refractivity contribution in [2.75, 3.05) is 12.3 Å². The Labute approximate surface area is 63.4 Å². The molecule has 0 fully saturated rings. The highest BCUT2D eigenvalue weighted by Gasteiger charge is 1.95. The molecular weight excluding hydrogens is 144 g/mol. The normalized spacial score (nSPS) is 9.91. The van der Waals surface area contributed by atoms with Crippen LogP contribution >= 0.6 is 0 Å². The van der Waals surface area contributed by atoms with E-state index in [0.717, 1.165) is 0 Å². The average molecular weight is 154 g/mol. The molecule has 11 heavy (non-hydrogen) atoms. The van der Waals surface area contributed by atoms with E-state index in [2.05, 4.69) is 9.97 Å². The van der Waals surface area contributed by atoms with Crippen LogP contribution in [0.5, 0.6) is 0 Å². The van der Waals surface area contributed by atoms with Crippen LogP contribution in [0.2, 0.25) is 0 Å². The first-order valence-electron chi connectivity index (χ1n) is 3.28. The zero-order chi connectivity index (χ0) is 8.27. The van der Waals surface area contributed by atoms with E-state index in [1.807, 2.05) is 0 Å². The Kier molecular flexibility index (Phi) is 2.22. The number of nitrogens with two attached hydrogens (primary N) is 2. The molecule has 0 unspecified atom stereocenters. The van der Waals surface area contributed by atoms with E-state index < -0.39 is 0 Å². The third kappa shape index (κ3) is 2.05. The largest absolute Gasteiger partial charge is 0.369 e. The summed E-state index contributed by atoms with van der Waals surface area (Å²) in [6, 6.07) is 1.39. The molecule has 5 nitrogen and oxygen atoms in total. The van der Waals surface area contributed by atoms with Crippen LogP contribution in [0, 0.1) is 0 Å². The first-order chi connectivity index (χ1) is 5.22. The minimum Gasteiger partial charge on any atom is -0.369 e. The van der Waals surface area contributed by atoms with Crippen molar-refractivity contribution < 1.29 is 0 Å². The van der Waals surface area contributed by atoms with E-state index in [0.29, 0.717) is 18.7 Å². The summed E-state index contributed by atoms with van der Waals surface area (Å²) < 4.78 is 0. The molecule has 0 bridgehead atoms. The molecule has 0 saturated carbocycles. The number of hydrogen-bond donors (Lipinski definition) is 3. The van der Waals surface area contributed by atoms with Gasteiger partial charge in [-0.1, -0.05) is 0 Å². The number of aromatic amines is 1. The molecule has 60 valence electrons. The van der Waals surface area contributed by atoms with Gasteiger partial charge in [0.25, 0.3) is 5.56 Å². The number of aromatic nitrogens is 2. The lowest BCUT2D eigenvalue weighted by Gasteiger charge is -1.96. The molecule has 5 N–H and O–H groups in total. The molecule has 5 heteroatoms. The van der Waals surface area contributed by atoms with Crippen LogP contribution < -0.4 is 17.0 Å². The highest BCUT2D eigenvalue weighted by atomic mass is 16.1. The average Bonchev–Trinajstić information content (AvgIpc) is 1.85. The highest BCUT2D eigenvalue weighted by molar-refractivity contribution is 5.17. The zero-order valence-corrected chi connectivity index (χ0v) is 6.00. The van der Waals surface area contributed by atoms with Gasteiger partial charge in [0.15, 0.2) is 0 Å². The van der Waals surface area contributed by atoms with Crippen LogP contribution in [-0.4, -0.2) is 16.5 Å². The van der Waals surface area contributed by atoms with E-state index >= 15 is 0 Å². The minimum absolute atomic E-state index is 0.140. The van der Waals surface area contributed by atoms with Crippen molar-refractivity contribution in [1.82, 2.24) is 9.97 Å². The maximum absolute atomic E-state index is 10.8. The molecule has 0 radical (unpaired) electrons. The fourth-order valence-corrected chi connectivity index (χ4v) is 0.805. The molecule has 0 aliphatic carbocycles. The Balaban J connectivity index is 2.99. The zero-order valence-electron chi connectivity index (χ0n) is 6.00. The van der Waals surface area contributed by atoms with Gasteiger partial charge in [0.1, 0.15) is 0 Å². The van der Waals surface area contributed by atoms with E-state index in [4.69, 9.17) is 11.5 Å². The molecule has 1 aromatic rings. The van der Waals surface area contributed by atoms with E-state index in [1.54, 1.807) is 0 Å². The molecule has 0 aliphatic rings. The first kappa shape index (κ1) is 7.74. The Bertz CT molecular complexity index is 293. The Morgan fingerprint density at radius 3 is 2.91 bits per heavy atom. The number of H-pyrrole nitrogens is 1. The molecule has 0 aliphatic heterocycles. The Morgan fingerprint density at radius 2 is 2.36 bits per heavy atom. The maximum atomic E-state index is 10.8. The summed E-state index contributed by atoms with van der Waals surface area (Å²) in [4.78, 5) is 17.0. The second kappa shape index (κ2) is 3.16. The number of nitrogens with zero attached hydrogens (tertiary/aromatic N) is 1. The Morgan fingerprint density at radius 1 is 1.64 bits per heavy atom. The topological polar surface area (TPSA) is 97.8 Å². The van der Waals surface area contributed by atoms with Gasteiger partial charge < -0.3 is 11.5 Å². The third-order valence-corrected chi connectivity index (χ3v) is 1.21. The lowest BCUT2D eigenvalue weighted by molar-refractivity contribution is 0.907. The van der Waals surface area contributed by atoms with Gasteiger partial charge in [-0.25, -0.2) is 4.98 Å².